The SMILES string of the molecule is CCC1(O)CCC2(C)C(CCC3C2CCC2(C)C(C(C)CCCC(F)(F)F)CCC32)C1. The van der Waals surface area contributed by atoms with Gasteiger partial charge < -0.3 is 5.11 Å². The molecule has 0 amide bonds. The van der Waals surface area contributed by atoms with Crippen molar-refractivity contribution in [3.05, 3.63) is 0 Å². The van der Waals surface area contributed by atoms with E-state index < -0.39 is 18.2 Å². The second-order valence-corrected chi connectivity index (χ2v) is 12.7. The van der Waals surface area contributed by atoms with Crippen LogP contribution in [0, 0.1) is 46.3 Å². The zero-order valence-corrected chi connectivity index (χ0v) is 20.2. The van der Waals surface area contributed by atoms with Gasteiger partial charge in [0.25, 0.3) is 0 Å². The fraction of sp³-hybridized carbons (Fsp3) is 1.00. The molecule has 0 heterocycles. The van der Waals surface area contributed by atoms with E-state index in [1.54, 1.807) is 0 Å². The van der Waals surface area contributed by atoms with Gasteiger partial charge in [-0.25, -0.2) is 0 Å². The Morgan fingerprint density at radius 3 is 2.32 bits per heavy atom. The van der Waals surface area contributed by atoms with Gasteiger partial charge in [0.15, 0.2) is 0 Å². The van der Waals surface area contributed by atoms with Crippen LogP contribution >= 0.6 is 0 Å². The minimum Gasteiger partial charge on any atom is -0.390 e. The highest BCUT2D eigenvalue weighted by molar-refractivity contribution is 5.10. The quantitative estimate of drug-likeness (QED) is 0.455. The summed E-state index contributed by atoms with van der Waals surface area (Å²) in [5.41, 5.74) is 0.257. The fourth-order valence-corrected chi connectivity index (χ4v) is 9.44. The highest BCUT2D eigenvalue weighted by atomic mass is 19.4. The maximum absolute atomic E-state index is 12.6. The first-order chi connectivity index (χ1) is 14.4. The summed E-state index contributed by atoms with van der Waals surface area (Å²) in [5.74, 6) is 3.98. The van der Waals surface area contributed by atoms with E-state index in [0.717, 1.165) is 43.4 Å². The first kappa shape index (κ1) is 23.9. The zero-order chi connectivity index (χ0) is 22.7. The Labute approximate surface area is 187 Å². The van der Waals surface area contributed by atoms with E-state index in [0.29, 0.717) is 28.6 Å². The van der Waals surface area contributed by atoms with Crippen LogP contribution in [0.3, 0.4) is 0 Å². The Hall–Kier alpha value is -0.250. The predicted octanol–water partition coefficient (Wildman–Crippen LogP) is 8.16. The van der Waals surface area contributed by atoms with Crippen molar-refractivity contribution >= 4 is 0 Å². The van der Waals surface area contributed by atoms with Gasteiger partial charge in [0.2, 0.25) is 0 Å². The molecule has 0 saturated heterocycles. The fourth-order valence-electron chi connectivity index (χ4n) is 9.44. The normalized spacial score (nSPS) is 48.6. The molecule has 0 aromatic heterocycles. The van der Waals surface area contributed by atoms with Crippen molar-refractivity contribution in [3.63, 3.8) is 0 Å². The topological polar surface area (TPSA) is 20.2 Å². The van der Waals surface area contributed by atoms with Gasteiger partial charge in [-0.1, -0.05) is 34.1 Å². The average Bonchev–Trinajstić information content (AvgIpc) is 3.05. The molecular weight excluding hydrogens is 397 g/mol. The molecule has 0 aromatic rings. The highest BCUT2D eigenvalue weighted by Gasteiger charge is 2.61. The van der Waals surface area contributed by atoms with Crippen LogP contribution in [0.25, 0.3) is 0 Å². The summed E-state index contributed by atoms with van der Waals surface area (Å²) in [6.07, 6.45) is 7.98. The van der Waals surface area contributed by atoms with Gasteiger partial charge in [-0.05, 0) is 117 Å². The van der Waals surface area contributed by atoms with E-state index >= 15 is 0 Å². The standard InChI is InChI=1S/C27H45F3O/c1-5-26(31)16-15-24(3)19(17-26)8-9-20-22-11-10-21(25(22,4)14-12-23(20)24)18(2)7-6-13-27(28,29)30/h18-23,31H,5-17H2,1-4H3. The Bertz CT molecular complexity index is 647. The second kappa shape index (κ2) is 8.20. The summed E-state index contributed by atoms with van der Waals surface area (Å²) in [7, 11) is 0. The maximum atomic E-state index is 12.6. The van der Waals surface area contributed by atoms with Gasteiger partial charge in [0, 0.05) is 6.42 Å². The van der Waals surface area contributed by atoms with Crippen LogP contribution in [0.5, 0.6) is 0 Å². The molecule has 4 fully saturated rings. The van der Waals surface area contributed by atoms with Gasteiger partial charge >= 0.3 is 6.18 Å². The van der Waals surface area contributed by atoms with E-state index in [1.807, 2.05) is 0 Å². The highest BCUT2D eigenvalue weighted by Crippen LogP contribution is 2.69. The molecule has 1 nitrogen and oxygen atoms in total. The van der Waals surface area contributed by atoms with Crippen molar-refractivity contribution in [2.24, 2.45) is 46.3 Å². The molecule has 9 atom stereocenters. The summed E-state index contributed by atoms with van der Waals surface area (Å²) >= 11 is 0. The lowest BCUT2D eigenvalue weighted by atomic mass is 9.43. The molecule has 1 N–H and O–H groups in total. The number of hydrogen-bond acceptors (Lipinski definition) is 1. The number of fused-ring (bicyclic) bond motifs is 5. The van der Waals surface area contributed by atoms with E-state index in [1.165, 1.54) is 44.9 Å². The third-order valence-electron chi connectivity index (χ3n) is 11.4. The summed E-state index contributed by atoms with van der Waals surface area (Å²) < 4.78 is 37.9. The number of halogens is 3. The third kappa shape index (κ3) is 4.21. The second-order valence-electron chi connectivity index (χ2n) is 12.7. The molecular formula is C27H45F3O. The van der Waals surface area contributed by atoms with Crippen molar-refractivity contribution in [2.45, 2.75) is 123 Å². The molecule has 4 aliphatic rings. The van der Waals surface area contributed by atoms with Gasteiger partial charge in [-0.2, -0.15) is 13.2 Å². The Kier molecular flexibility index (Phi) is 6.32. The molecule has 9 unspecified atom stereocenters. The number of rotatable bonds is 5. The average molecular weight is 443 g/mol. The van der Waals surface area contributed by atoms with Crippen molar-refractivity contribution in [1.29, 1.82) is 0 Å². The van der Waals surface area contributed by atoms with Gasteiger partial charge in [-0.3, -0.25) is 0 Å². The molecule has 4 saturated carbocycles. The lowest BCUT2D eigenvalue weighted by Gasteiger charge is -2.62. The summed E-state index contributed by atoms with van der Waals surface area (Å²) in [6, 6.07) is 0. The van der Waals surface area contributed by atoms with Crippen LogP contribution in [-0.2, 0) is 0 Å². The Morgan fingerprint density at radius 1 is 0.935 bits per heavy atom. The van der Waals surface area contributed by atoms with Crippen molar-refractivity contribution < 1.29 is 18.3 Å². The minimum absolute atomic E-state index is 0.286. The van der Waals surface area contributed by atoms with E-state index in [-0.39, 0.29) is 6.42 Å². The van der Waals surface area contributed by atoms with E-state index in [2.05, 4.69) is 27.7 Å². The Morgan fingerprint density at radius 2 is 1.65 bits per heavy atom. The summed E-state index contributed by atoms with van der Waals surface area (Å²) in [6.45, 7) is 9.40. The maximum Gasteiger partial charge on any atom is 0.389 e. The monoisotopic (exact) mass is 442 g/mol. The van der Waals surface area contributed by atoms with Crippen molar-refractivity contribution in [3.8, 4) is 0 Å². The van der Waals surface area contributed by atoms with E-state index in [9.17, 15) is 18.3 Å². The molecule has 0 aromatic carbocycles. The lowest BCUT2D eigenvalue weighted by Crippen LogP contribution is -2.56. The molecule has 0 spiro atoms. The first-order valence-electron chi connectivity index (χ1n) is 13.2. The minimum atomic E-state index is -4.02. The number of alkyl halides is 3. The van der Waals surface area contributed by atoms with Crippen LogP contribution in [-0.4, -0.2) is 16.9 Å². The van der Waals surface area contributed by atoms with Crippen molar-refractivity contribution in [1.82, 2.24) is 0 Å². The van der Waals surface area contributed by atoms with Crippen LogP contribution in [0.2, 0.25) is 0 Å². The zero-order valence-electron chi connectivity index (χ0n) is 20.2. The van der Waals surface area contributed by atoms with E-state index in [4.69, 9.17) is 0 Å². The molecule has 4 rings (SSSR count). The first-order valence-corrected chi connectivity index (χ1v) is 13.2. The lowest BCUT2D eigenvalue weighted by molar-refractivity contribution is -0.153. The molecule has 0 radical (unpaired) electrons. The molecule has 4 aliphatic carbocycles. The molecule has 0 aliphatic heterocycles. The number of hydrogen-bond donors (Lipinski definition) is 1. The molecule has 31 heavy (non-hydrogen) atoms. The molecule has 180 valence electrons. The van der Waals surface area contributed by atoms with Crippen LogP contribution in [0.4, 0.5) is 13.2 Å². The van der Waals surface area contributed by atoms with Gasteiger partial charge in [-0.15, -0.1) is 0 Å². The summed E-state index contributed by atoms with van der Waals surface area (Å²) in [5, 5.41) is 11.0. The van der Waals surface area contributed by atoms with Crippen molar-refractivity contribution in [2.75, 3.05) is 0 Å². The summed E-state index contributed by atoms with van der Waals surface area (Å²) in [4.78, 5) is 0. The Balaban J connectivity index is 1.45. The predicted molar refractivity (Wildman–Crippen MR) is 120 cm³/mol. The molecule has 4 heteroatoms. The smallest absolute Gasteiger partial charge is 0.389 e. The van der Waals surface area contributed by atoms with Gasteiger partial charge in [0.05, 0.1) is 5.60 Å². The van der Waals surface area contributed by atoms with Crippen LogP contribution in [0.1, 0.15) is 111 Å². The van der Waals surface area contributed by atoms with Gasteiger partial charge in [0.1, 0.15) is 0 Å². The van der Waals surface area contributed by atoms with Crippen LogP contribution in [0.15, 0.2) is 0 Å². The van der Waals surface area contributed by atoms with Crippen LogP contribution < -0.4 is 0 Å². The molecule has 0 bridgehead atoms. The third-order valence-corrected chi connectivity index (χ3v) is 11.4. The largest absolute Gasteiger partial charge is 0.390 e. The number of aliphatic hydroxyl groups is 1.